The summed E-state index contributed by atoms with van der Waals surface area (Å²) in [4.78, 5) is 0. The summed E-state index contributed by atoms with van der Waals surface area (Å²) in [6.45, 7) is 0.212. The highest BCUT2D eigenvalue weighted by Gasteiger charge is 2.24. The van der Waals surface area contributed by atoms with E-state index in [0.717, 1.165) is 12.8 Å². The van der Waals surface area contributed by atoms with E-state index in [4.69, 9.17) is 5.11 Å². The minimum absolute atomic E-state index is 0.138. The molecule has 0 heterocycles. The molecule has 1 aliphatic carbocycles. The van der Waals surface area contributed by atoms with Gasteiger partial charge in [-0.3, -0.25) is 0 Å². The summed E-state index contributed by atoms with van der Waals surface area (Å²) in [5.74, 6) is 0.548. The van der Waals surface area contributed by atoms with Gasteiger partial charge in [-0.1, -0.05) is 6.42 Å². The average Bonchev–Trinajstić information content (AvgIpc) is 1.79. The summed E-state index contributed by atoms with van der Waals surface area (Å²) in [7, 11) is 0. The van der Waals surface area contributed by atoms with Gasteiger partial charge in [0.1, 0.15) is 0 Å². The highest BCUT2D eigenvalue weighted by atomic mass is 16.3. The fourth-order valence-corrected chi connectivity index (χ4v) is 1.36. The molecule has 1 unspecified atom stereocenters. The summed E-state index contributed by atoms with van der Waals surface area (Å²) in [6, 6.07) is 0. The van der Waals surface area contributed by atoms with Gasteiger partial charge in [-0.2, -0.15) is 0 Å². The van der Waals surface area contributed by atoms with Crippen LogP contribution in [-0.4, -0.2) is 22.9 Å². The van der Waals surface area contributed by atoms with Crippen molar-refractivity contribution in [3.05, 3.63) is 0 Å². The Morgan fingerprint density at radius 1 is 1.40 bits per heavy atom. The molecule has 0 aromatic rings. The van der Waals surface area contributed by atoms with Crippen LogP contribution in [0.5, 0.6) is 0 Å². The Labute approximate surface area is 61.9 Å². The van der Waals surface area contributed by atoms with Crippen LogP contribution >= 0.6 is 0 Å². The minimum Gasteiger partial charge on any atom is -0.396 e. The molecule has 0 spiro atoms. The second-order valence-corrected chi connectivity index (χ2v) is 3.12. The molecule has 1 atom stereocenters. The number of aliphatic hydroxyl groups excluding tert-OH is 2. The molecular formula is C8H16O2. The monoisotopic (exact) mass is 144 g/mol. The van der Waals surface area contributed by atoms with Crippen molar-refractivity contribution in [1.29, 1.82) is 0 Å². The van der Waals surface area contributed by atoms with Crippen molar-refractivity contribution in [1.82, 2.24) is 0 Å². The maximum atomic E-state index is 9.39. The quantitative estimate of drug-likeness (QED) is 0.616. The van der Waals surface area contributed by atoms with E-state index in [9.17, 15) is 5.11 Å². The van der Waals surface area contributed by atoms with E-state index in [1.807, 2.05) is 0 Å². The minimum atomic E-state index is -0.138. The molecule has 0 aliphatic heterocycles. The van der Waals surface area contributed by atoms with Crippen LogP contribution in [0.4, 0.5) is 0 Å². The average molecular weight is 144 g/mol. The molecule has 0 aromatic heterocycles. The maximum absolute atomic E-state index is 9.39. The van der Waals surface area contributed by atoms with E-state index in [1.54, 1.807) is 0 Å². The molecule has 0 radical (unpaired) electrons. The molecule has 0 saturated heterocycles. The van der Waals surface area contributed by atoms with Crippen LogP contribution in [0, 0.1) is 5.92 Å². The van der Waals surface area contributed by atoms with Crippen molar-refractivity contribution >= 4 is 0 Å². The van der Waals surface area contributed by atoms with Gasteiger partial charge in [0.05, 0.1) is 6.10 Å². The predicted molar refractivity (Wildman–Crippen MR) is 39.7 cm³/mol. The lowest BCUT2D eigenvalue weighted by Crippen LogP contribution is -2.26. The second kappa shape index (κ2) is 3.94. The fourth-order valence-electron chi connectivity index (χ4n) is 1.36. The smallest absolute Gasteiger partial charge is 0.0569 e. The molecule has 10 heavy (non-hydrogen) atoms. The van der Waals surface area contributed by atoms with Gasteiger partial charge in [0, 0.05) is 6.61 Å². The van der Waals surface area contributed by atoms with Crippen LogP contribution in [0.25, 0.3) is 0 Å². The number of hydrogen-bond donors (Lipinski definition) is 2. The highest BCUT2D eigenvalue weighted by Crippen LogP contribution is 2.31. The van der Waals surface area contributed by atoms with Gasteiger partial charge in [-0.15, -0.1) is 0 Å². The summed E-state index contributed by atoms with van der Waals surface area (Å²) in [5.41, 5.74) is 0. The summed E-state index contributed by atoms with van der Waals surface area (Å²) in [6.07, 6.45) is 5.04. The van der Waals surface area contributed by atoms with E-state index in [0.29, 0.717) is 5.92 Å². The lowest BCUT2D eigenvalue weighted by atomic mass is 9.80. The summed E-state index contributed by atoms with van der Waals surface area (Å²) >= 11 is 0. The van der Waals surface area contributed by atoms with Gasteiger partial charge < -0.3 is 10.2 Å². The summed E-state index contributed by atoms with van der Waals surface area (Å²) in [5, 5.41) is 17.9. The van der Waals surface area contributed by atoms with Crippen molar-refractivity contribution in [2.75, 3.05) is 6.61 Å². The molecule has 1 rings (SSSR count). The Morgan fingerprint density at radius 2 is 2.10 bits per heavy atom. The molecular weight excluding hydrogens is 128 g/mol. The molecule has 2 nitrogen and oxygen atoms in total. The maximum Gasteiger partial charge on any atom is 0.0569 e. The topological polar surface area (TPSA) is 40.5 Å². The van der Waals surface area contributed by atoms with Crippen molar-refractivity contribution in [2.45, 2.75) is 38.2 Å². The fraction of sp³-hybridized carbons (Fsp3) is 1.00. The number of rotatable bonds is 4. The predicted octanol–water partition coefficient (Wildman–Crippen LogP) is 0.920. The van der Waals surface area contributed by atoms with Crippen LogP contribution in [0.15, 0.2) is 0 Å². The van der Waals surface area contributed by atoms with Crippen LogP contribution in [0.1, 0.15) is 32.1 Å². The third-order valence-corrected chi connectivity index (χ3v) is 2.35. The van der Waals surface area contributed by atoms with E-state index in [1.165, 1.54) is 19.3 Å². The summed E-state index contributed by atoms with van der Waals surface area (Å²) < 4.78 is 0. The number of hydrogen-bond acceptors (Lipinski definition) is 2. The third kappa shape index (κ3) is 1.96. The van der Waals surface area contributed by atoms with E-state index >= 15 is 0 Å². The molecule has 60 valence electrons. The zero-order valence-corrected chi connectivity index (χ0v) is 6.29. The van der Waals surface area contributed by atoms with Crippen molar-refractivity contribution in [2.24, 2.45) is 5.92 Å². The molecule has 2 heteroatoms. The molecule has 1 aliphatic rings. The number of aliphatic hydroxyl groups is 2. The first kappa shape index (κ1) is 8.02. The van der Waals surface area contributed by atoms with Gasteiger partial charge in [-0.05, 0) is 31.6 Å². The van der Waals surface area contributed by atoms with Gasteiger partial charge in [-0.25, -0.2) is 0 Å². The Balaban J connectivity index is 2.02. The van der Waals surface area contributed by atoms with Gasteiger partial charge in [0.25, 0.3) is 0 Å². The molecule has 0 bridgehead atoms. The van der Waals surface area contributed by atoms with E-state index < -0.39 is 0 Å². The SMILES string of the molecule is OCCCC(O)C1CCC1. The zero-order chi connectivity index (χ0) is 7.40. The lowest BCUT2D eigenvalue weighted by molar-refractivity contribution is 0.0501. The highest BCUT2D eigenvalue weighted by molar-refractivity contribution is 4.76. The standard InChI is InChI=1S/C8H16O2/c9-6-2-5-8(10)7-3-1-4-7/h7-10H,1-6H2. The van der Waals surface area contributed by atoms with Gasteiger partial charge in [0.15, 0.2) is 0 Å². The molecule has 1 fully saturated rings. The van der Waals surface area contributed by atoms with Crippen molar-refractivity contribution in [3.8, 4) is 0 Å². The normalized spacial score (nSPS) is 22.2. The van der Waals surface area contributed by atoms with Gasteiger partial charge >= 0.3 is 0 Å². The Kier molecular flexibility index (Phi) is 3.16. The van der Waals surface area contributed by atoms with Crippen molar-refractivity contribution < 1.29 is 10.2 Å². The molecule has 0 amide bonds. The van der Waals surface area contributed by atoms with Gasteiger partial charge in [0.2, 0.25) is 0 Å². The van der Waals surface area contributed by atoms with Crippen molar-refractivity contribution in [3.63, 3.8) is 0 Å². The first-order valence-electron chi connectivity index (χ1n) is 4.13. The molecule has 1 saturated carbocycles. The van der Waals surface area contributed by atoms with Crippen LogP contribution in [-0.2, 0) is 0 Å². The first-order valence-corrected chi connectivity index (χ1v) is 4.13. The van der Waals surface area contributed by atoms with Crippen LogP contribution < -0.4 is 0 Å². The Morgan fingerprint density at radius 3 is 2.50 bits per heavy atom. The third-order valence-electron chi connectivity index (χ3n) is 2.35. The first-order chi connectivity index (χ1) is 4.84. The van der Waals surface area contributed by atoms with E-state index in [-0.39, 0.29) is 12.7 Å². The largest absolute Gasteiger partial charge is 0.396 e. The van der Waals surface area contributed by atoms with Crippen LogP contribution in [0.2, 0.25) is 0 Å². The Bertz CT molecular complexity index is 89.3. The lowest BCUT2D eigenvalue weighted by Gasteiger charge is -2.30. The van der Waals surface area contributed by atoms with Crippen LogP contribution in [0.3, 0.4) is 0 Å². The Hall–Kier alpha value is -0.0800. The van der Waals surface area contributed by atoms with E-state index in [2.05, 4.69) is 0 Å². The zero-order valence-electron chi connectivity index (χ0n) is 6.29. The molecule has 2 N–H and O–H groups in total. The molecule has 0 aromatic carbocycles. The second-order valence-electron chi connectivity index (χ2n) is 3.12.